The molecule has 0 aliphatic heterocycles. The first-order valence-electron chi connectivity index (χ1n) is 6.71. The number of nitrogens with one attached hydrogen (secondary N) is 1. The first-order chi connectivity index (χ1) is 10.3. The lowest BCUT2D eigenvalue weighted by Gasteiger charge is -2.03. The topological polar surface area (TPSA) is 42.0 Å². The SMILES string of the molecule is O=C(/C=C/c1ccccc1)Nc1ccc2ccccc2n1. The van der Waals surface area contributed by atoms with Crippen LogP contribution in [0.4, 0.5) is 5.82 Å². The number of hydrogen-bond donors (Lipinski definition) is 1. The molecule has 1 heterocycles. The number of carbonyl (C=O) groups excluding carboxylic acids is 1. The fourth-order valence-corrected chi connectivity index (χ4v) is 2.04. The van der Waals surface area contributed by atoms with Crippen LogP contribution in [0.3, 0.4) is 0 Å². The molecule has 1 amide bonds. The second-order valence-corrected chi connectivity index (χ2v) is 4.62. The molecule has 2 aromatic carbocycles. The number of hydrogen-bond acceptors (Lipinski definition) is 2. The minimum Gasteiger partial charge on any atom is -0.307 e. The number of aromatic nitrogens is 1. The molecule has 0 radical (unpaired) electrons. The van der Waals surface area contributed by atoms with Gasteiger partial charge in [0.25, 0.3) is 0 Å². The lowest BCUT2D eigenvalue weighted by Crippen LogP contribution is -2.09. The van der Waals surface area contributed by atoms with Gasteiger partial charge < -0.3 is 5.32 Å². The van der Waals surface area contributed by atoms with E-state index < -0.39 is 0 Å². The Morgan fingerprint density at radius 2 is 1.67 bits per heavy atom. The van der Waals surface area contributed by atoms with Crippen LogP contribution in [0.1, 0.15) is 5.56 Å². The van der Waals surface area contributed by atoms with E-state index in [2.05, 4.69) is 10.3 Å². The molecule has 102 valence electrons. The maximum absolute atomic E-state index is 11.9. The summed E-state index contributed by atoms with van der Waals surface area (Å²) in [5.74, 6) is 0.359. The zero-order chi connectivity index (χ0) is 14.5. The van der Waals surface area contributed by atoms with E-state index in [4.69, 9.17) is 0 Å². The summed E-state index contributed by atoms with van der Waals surface area (Å²) in [4.78, 5) is 16.3. The molecule has 3 rings (SSSR count). The normalized spacial score (nSPS) is 10.9. The fourth-order valence-electron chi connectivity index (χ4n) is 2.04. The highest BCUT2D eigenvalue weighted by Crippen LogP contribution is 2.14. The predicted octanol–water partition coefficient (Wildman–Crippen LogP) is 3.89. The van der Waals surface area contributed by atoms with Crippen LogP contribution >= 0.6 is 0 Å². The number of nitrogens with zero attached hydrogens (tertiary/aromatic N) is 1. The predicted molar refractivity (Wildman–Crippen MR) is 85.8 cm³/mol. The van der Waals surface area contributed by atoms with Crippen molar-refractivity contribution < 1.29 is 4.79 Å². The Kier molecular flexibility index (Phi) is 3.74. The number of anilines is 1. The Morgan fingerprint density at radius 3 is 2.52 bits per heavy atom. The van der Waals surface area contributed by atoms with E-state index in [1.54, 1.807) is 12.1 Å². The smallest absolute Gasteiger partial charge is 0.249 e. The highest BCUT2D eigenvalue weighted by Gasteiger charge is 2.00. The first kappa shape index (κ1) is 13.1. The summed E-state index contributed by atoms with van der Waals surface area (Å²) in [6.45, 7) is 0. The average Bonchev–Trinajstić information content (AvgIpc) is 2.54. The van der Waals surface area contributed by atoms with Gasteiger partial charge in [0.05, 0.1) is 5.52 Å². The maximum Gasteiger partial charge on any atom is 0.249 e. The van der Waals surface area contributed by atoms with Crippen molar-refractivity contribution in [2.45, 2.75) is 0 Å². The van der Waals surface area contributed by atoms with Crippen molar-refractivity contribution in [1.82, 2.24) is 4.98 Å². The Balaban J connectivity index is 1.73. The van der Waals surface area contributed by atoms with Crippen molar-refractivity contribution in [3.05, 3.63) is 78.4 Å². The van der Waals surface area contributed by atoms with Gasteiger partial charge in [0.15, 0.2) is 0 Å². The van der Waals surface area contributed by atoms with Crippen LogP contribution in [0.15, 0.2) is 72.8 Å². The van der Waals surface area contributed by atoms with Crippen molar-refractivity contribution in [1.29, 1.82) is 0 Å². The lowest BCUT2D eigenvalue weighted by molar-refractivity contribution is -0.111. The van der Waals surface area contributed by atoms with Gasteiger partial charge in [0.2, 0.25) is 5.91 Å². The van der Waals surface area contributed by atoms with Crippen LogP contribution in [-0.4, -0.2) is 10.9 Å². The zero-order valence-electron chi connectivity index (χ0n) is 11.4. The van der Waals surface area contributed by atoms with Gasteiger partial charge in [-0.15, -0.1) is 0 Å². The fraction of sp³-hybridized carbons (Fsp3) is 0. The number of para-hydroxylation sites is 1. The quantitative estimate of drug-likeness (QED) is 0.736. The van der Waals surface area contributed by atoms with E-state index in [9.17, 15) is 4.79 Å². The van der Waals surface area contributed by atoms with Gasteiger partial charge >= 0.3 is 0 Å². The third-order valence-electron chi connectivity index (χ3n) is 3.08. The molecule has 1 aromatic heterocycles. The number of pyridine rings is 1. The Morgan fingerprint density at radius 1 is 0.905 bits per heavy atom. The molecule has 1 N–H and O–H groups in total. The van der Waals surface area contributed by atoms with Crippen molar-refractivity contribution in [2.24, 2.45) is 0 Å². The van der Waals surface area contributed by atoms with Gasteiger partial charge in [-0.1, -0.05) is 48.5 Å². The molecular weight excluding hydrogens is 260 g/mol. The third kappa shape index (κ3) is 3.34. The van der Waals surface area contributed by atoms with Gasteiger partial charge in [0, 0.05) is 11.5 Å². The summed E-state index contributed by atoms with van der Waals surface area (Å²) in [6.07, 6.45) is 3.28. The Bertz CT molecular complexity index is 794. The molecule has 0 saturated carbocycles. The molecule has 3 aromatic rings. The van der Waals surface area contributed by atoms with Gasteiger partial charge in [0.1, 0.15) is 5.82 Å². The summed E-state index contributed by atoms with van der Waals surface area (Å²) in [7, 11) is 0. The minimum atomic E-state index is -0.193. The molecule has 3 heteroatoms. The molecule has 0 atom stereocenters. The molecule has 3 nitrogen and oxygen atoms in total. The average molecular weight is 274 g/mol. The number of fused-ring (bicyclic) bond motifs is 1. The molecule has 0 unspecified atom stereocenters. The third-order valence-corrected chi connectivity index (χ3v) is 3.08. The van der Waals surface area contributed by atoms with Crippen LogP contribution in [0.2, 0.25) is 0 Å². The number of benzene rings is 2. The highest BCUT2D eigenvalue weighted by atomic mass is 16.1. The summed E-state index contributed by atoms with van der Waals surface area (Å²) >= 11 is 0. The number of rotatable bonds is 3. The van der Waals surface area contributed by atoms with Gasteiger partial charge in [-0.3, -0.25) is 4.79 Å². The molecule has 0 fully saturated rings. The van der Waals surface area contributed by atoms with E-state index in [1.165, 1.54) is 6.08 Å². The molecule has 21 heavy (non-hydrogen) atoms. The van der Waals surface area contributed by atoms with Crippen molar-refractivity contribution in [3.8, 4) is 0 Å². The van der Waals surface area contributed by atoms with Gasteiger partial charge in [-0.25, -0.2) is 4.98 Å². The minimum absolute atomic E-state index is 0.193. The van der Waals surface area contributed by atoms with E-state index in [0.717, 1.165) is 16.5 Å². The van der Waals surface area contributed by atoms with Crippen LogP contribution in [0.5, 0.6) is 0 Å². The van der Waals surface area contributed by atoms with E-state index in [0.29, 0.717) is 5.82 Å². The molecule has 0 bridgehead atoms. The molecule has 0 saturated heterocycles. The second kappa shape index (κ2) is 6.01. The lowest BCUT2D eigenvalue weighted by atomic mass is 10.2. The largest absolute Gasteiger partial charge is 0.307 e. The Hall–Kier alpha value is -2.94. The van der Waals surface area contributed by atoms with Crippen LogP contribution in [0, 0.1) is 0 Å². The van der Waals surface area contributed by atoms with Crippen LogP contribution in [0.25, 0.3) is 17.0 Å². The second-order valence-electron chi connectivity index (χ2n) is 4.62. The molecule has 0 spiro atoms. The maximum atomic E-state index is 11.9. The summed E-state index contributed by atoms with van der Waals surface area (Å²) in [6, 6.07) is 21.2. The van der Waals surface area contributed by atoms with Crippen molar-refractivity contribution in [2.75, 3.05) is 5.32 Å². The van der Waals surface area contributed by atoms with E-state index in [-0.39, 0.29) is 5.91 Å². The molecular formula is C18H14N2O. The number of amides is 1. The van der Waals surface area contributed by atoms with Crippen molar-refractivity contribution in [3.63, 3.8) is 0 Å². The monoisotopic (exact) mass is 274 g/mol. The molecule has 0 aliphatic rings. The summed E-state index contributed by atoms with van der Waals surface area (Å²) in [5.41, 5.74) is 1.85. The van der Waals surface area contributed by atoms with E-state index >= 15 is 0 Å². The Labute approximate surface area is 123 Å². The van der Waals surface area contributed by atoms with Gasteiger partial charge in [-0.2, -0.15) is 0 Å². The first-order valence-corrected chi connectivity index (χ1v) is 6.71. The summed E-state index contributed by atoms with van der Waals surface area (Å²) < 4.78 is 0. The van der Waals surface area contributed by atoms with Crippen LogP contribution in [-0.2, 0) is 4.79 Å². The van der Waals surface area contributed by atoms with Crippen molar-refractivity contribution >= 4 is 28.7 Å². The number of carbonyl (C=O) groups is 1. The van der Waals surface area contributed by atoms with Gasteiger partial charge in [-0.05, 0) is 29.8 Å². The standard InChI is InChI=1S/C18H14N2O/c21-18(13-10-14-6-2-1-3-7-14)20-17-12-11-15-8-4-5-9-16(15)19-17/h1-13H,(H,19,20,21)/b13-10+. The van der Waals surface area contributed by atoms with Crippen LogP contribution < -0.4 is 5.32 Å². The van der Waals surface area contributed by atoms with E-state index in [1.807, 2.05) is 60.7 Å². The summed E-state index contributed by atoms with van der Waals surface area (Å²) in [5, 5.41) is 3.82. The zero-order valence-corrected chi connectivity index (χ0v) is 11.4. The highest BCUT2D eigenvalue weighted by molar-refractivity contribution is 6.01. The molecule has 0 aliphatic carbocycles.